The molecule has 0 radical (unpaired) electrons. The predicted octanol–water partition coefficient (Wildman–Crippen LogP) is 1.09. The molecule has 2 fully saturated rings. The van der Waals surface area contributed by atoms with Gasteiger partial charge in [-0.3, -0.25) is 4.79 Å². The van der Waals surface area contributed by atoms with Gasteiger partial charge < -0.3 is 14.9 Å². The molecule has 0 aromatic carbocycles. The summed E-state index contributed by atoms with van der Waals surface area (Å²) in [5.41, 5.74) is 0. The van der Waals surface area contributed by atoms with E-state index in [1.54, 1.807) is 0 Å². The molecule has 2 unspecified atom stereocenters. The van der Waals surface area contributed by atoms with Crippen LogP contribution in [0.4, 0.5) is 0 Å². The van der Waals surface area contributed by atoms with E-state index >= 15 is 0 Å². The third kappa shape index (κ3) is 3.23. The average molecular weight is 254 g/mol. The molecule has 1 aliphatic heterocycles. The number of hydrogen-bond donors (Lipinski definition) is 1. The van der Waals surface area contributed by atoms with E-state index in [0.717, 1.165) is 25.8 Å². The number of β-amino-alcohol motifs (C(OH)–C–C–N with tert-alkyl or cyclic N) is 1. The lowest BCUT2D eigenvalue weighted by atomic mass is 9.88. The first-order valence-electron chi connectivity index (χ1n) is 7.21. The van der Waals surface area contributed by atoms with Crippen LogP contribution in [0, 0.1) is 5.92 Å². The Balaban J connectivity index is 1.97. The highest BCUT2D eigenvalue weighted by Crippen LogP contribution is 2.29. The maximum atomic E-state index is 12.5. The molecule has 2 aliphatic rings. The third-order valence-electron chi connectivity index (χ3n) is 4.21. The summed E-state index contributed by atoms with van der Waals surface area (Å²) in [6.07, 6.45) is 6.13. The van der Waals surface area contributed by atoms with Crippen molar-refractivity contribution in [3.8, 4) is 0 Å². The second-order valence-electron chi connectivity index (χ2n) is 6.13. The maximum absolute atomic E-state index is 12.5. The maximum Gasteiger partial charge on any atom is 0.226 e. The molecule has 2 atom stereocenters. The summed E-state index contributed by atoms with van der Waals surface area (Å²) in [5, 5.41) is 9.82. The van der Waals surface area contributed by atoms with Crippen molar-refractivity contribution in [1.82, 2.24) is 9.80 Å². The summed E-state index contributed by atoms with van der Waals surface area (Å²) < 4.78 is 0. The van der Waals surface area contributed by atoms with Gasteiger partial charge >= 0.3 is 0 Å². The number of aliphatic hydroxyl groups excluding tert-OH is 1. The van der Waals surface area contributed by atoms with Crippen LogP contribution in [0.2, 0.25) is 0 Å². The first-order valence-corrected chi connectivity index (χ1v) is 7.21. The van der Waals surface area contributed by atoms with Crippen LogP contribution in [0.25, 0.3) is 0 Å². The highest BCUT2D eigenvalue weighted by Gasteiger charge is 2.37. The number of amides is 1. The Kier molecular flexibility index (Phi) is 4.62. The van der Waals surface area contributed by atoms with Crippen molar-refractivity contribution in [1.29, 1.82) is 0 Å². The molecule has 1 heterocycles. The SMILES string of the molecule is CN(C)CC1CC(O)CN1C(=O)C1CCCCC1. The van der Waals surface area contributed by atoms with Gasteiger partial charge in [0.05, 0.1) is 6.10 Å². The van der Waals surface area contributed by atoms with E-state index in [-0.39, 0.29) is 24.0 Å². The Morgan fingerprint density at radius 1 is 1.28 bits per heavy atom. The first-order chi connectivity index (χ1) is 8.58. The largest absolute Gasteiger partial charge is 0.391 e. The standard InChI is InChI=1S/C14H26N2O2/c1-15(2)9-12-8-13(17)10-16(12)14(18)11-6-4-3-5-7-11/h11-13,17H,3-10H2,1-2H3. The average Bonchev–Trinajstić information content (AvgIpc) is 2.69. The fourth-order valence-corrected chi connectivity index (χ4v) is 3.34. The highest BCUT2D eigenvalue weighted by molar-refractivity contribution is 5.79. The van der Waals surface area contributed by atoms with E-state index in [9.17, 15) is 9.90 Å². The quantitative estimate of drug-likeness (QED) is 0.820. The van der Waals surface area contributed by atoms with Crippen LogP contribution >= 0.6 is 0 Å². The van der Waals surface area contributed by atoms with Crippen LogP contribution < -0.4 is 0 Å². The smallest absolute Gasteiger partial charge is 0.226 e. The summed E-state index contributed by atoms with van der Waals surface area (Å²) in [6.45, 7) is 1.39. The lowest BCUT2D eigenvalue weighted by molar-refractivity contribution is -0.137. The summed E-state index contributed by atoms with van der Waals surface area (Å²) >= 11 is 0. The Morgan fingerprint density at radius 3 is 2.56 bits per heavy atom. The molecule has 0 aromatic heterocycles. The van der Waals surface area contributed by atoms with Crippen molar-refractivity contribution < 1.29 is 9.90 Å². The van der Waals surface area contributed by atoms with Gasteiger partial charge in [-0.2, -0.15) is 0 Å². The van der Waals surface area contributed by atoms with Gasteiger partial charge in [0.1, 0.15) is 0 Å². The molecule has 1 aliphatic carbocycles. The van der Waals surface area contributed by atoms with Crippen LogP contribution in [0.5, 0.6) is 0 Å². The van der Waals surface area contributed by atoms with Crippen LogP contribution in [0.15, 0.2) is 0 Å². The van der Waals surface area contributed by atoms with Gasteiger partial charge in [-0.15, -0.1) is 0 Å². The molecular formula is C14H26N2O2. The molecule has 104 valence electrons. The molecule has 4 heteroatoms. The van der Waals surface area contributed by atoms with E-state index in [0.29, 0.717) is 6.54 Å². The number of nitrogens with zero attached hydrogens (tertiary/aromatic N) is 2. The molecule has 1 saturated heterocycles. The second-order valence-corrected chi connectivity index (χ2v) is 6.13. The number of rotatable bonds is 3. The summed E-state index contributed by atoms with van der Waals surface area (Å²) in [5.74, 6) is 0.506. The predicted molar refractivity (Wildman–Crippen MR) is 71.3 cm³/mol. The minimum Gasteiger partial charge on any atom is -0.391 e. The molecule has 1 N–H and O–H groups in total. The Morgan fingerprint density at radius 2 is 1.94 bits per heavy atom. The van der Waals surface area contributed by atoms with Crippen molar-refractivity contribution in [2.75, 3.05) is 27.2 Å². The van der Waals surface area contributed by atoms with Gasteiger partial charge in [-0.05, 0) is 33.4 Å². The van der Waals surface area contributed by atoms with Crippen LogP contribution in [-0.4, -0.2) is 60.1 Å². The molecule has 0 spiro atoms. The van der Waals surface area contributed by atoms with Crippen molar-refractivity contribution in [3.05, 3.63) is 0 Å². The fourth-order valence-electron chi connectivity index (χ4n) is 3.34. The van der Waals surface area contributed by atoms with Crippen LogP contribution in [-0.2, 0) is 4.79 Å². The van der Waals surface area contributed by atoms with E-state index in [2.05, 4.69) is 4.90 Å². The Labute approximate surface area is 110 Å². The third-order valence-corrected chi connectivity index (χ3v) is 4.21. The number of carbonyl (C=O) groups excluding carboxylic acids is 1. The number of hydrogen-bond acceptors (Lipinski definition) is 3. The molecule has 2 rings (SSSR count). The van der Waals surface area contributed by atoms with Gasteiger partial charge in [-0.25, -0.2) is 0 Å². The van der Waals surface area contributed by atoms with Gasteiger partial charge in [-0.1, -0.05) is 19.3 Å². The van der Waals surface area contributed by atoms with Gasteiger partial charge in [0.15, 0.2) is 0 Å². The summed E-state index contributed by atoms with van der Waals surface area (Å²) in [6, 6.07) is 0.199. The Bertz CT molecular complexity index is 288. The van der Waals surface area contributed by atoms with E-state index in [4.69, 9.17) is 0 Å². The van der Waals surface area contributed by atoms with E-state index < -0.39 is 0 Å². The molecule has 1 amide bonds. The molecule has 0 bridgehead atoms. The molecule has 4 nitrogen and oxygen atoms in total. The highest BCUT2D eigenvalue weighted by atomic mass is 16.3. The van der Waals surface area contributed by atoms with Gasteiger partial charge in [0, 0.05) is 25.0 Å². The fraction of sp³-hybridized carbons (Fsp3) is 0.929. The molecule has 18 heavy (non-hydrogen) atoms. The van der Waals surface area contributed by atoms with Gasteiger partial charge in [0.2, 0.25) is 5.91 Å². The first kappa shape index (κ1) is 13.8. The molecule has 1 saturated carbocycles. The van der Waals surface area contributed by atoms with E-state index in [1.165, 1.54) is 19.3 Å². The van der Waals surface area contributed by atoms with Crippen LogP contribution in [0.1, 0.15) is 38.5 Å². The normalized spacial score (nSPS) is 30.1. The zero-order valence-corrected chi connectivity index (χ0v) is 11.6. The number of aliphatic hydroxyl groups is 1. The Hall–Kier alpha value is -0.610. The zero-order chi connectivity index (χ0) is 13.1. The lowest BCUT2D eigenvalue weighted by Gasteiger charge is -2.31. The van der Waals surface area contributed by atoms with Crippen molar-refractivity contribution in [2.24, 2.45) is 5.92 Å². The zero-order valence-electron chi connectivity index (χ0n) is 11.6. The van der Waals surface area contributed by atoms with Crippen LogP contribution in [0.3, 0.4) is 0 Å². The van der Waals surface area contributed by atoms with Gasteiger partial charge in [0.25, 0.3) is 0 Å². The lowest BCUT2D eigenvalue weighted by Crippen LogP contribution is -2.44. The summed E-state index contributed by atoms with van der Waals surface area (Å²) in [7, 11) is 4.04. The number of carbonyl (C=O) groups is 1. The van der Waals surface area contributed by atoms with Crippen molar-refractivity contribution in [3.63, 3.8) is 0 Å². The molecule has 0 aromatic rings. The van der Waals surface area contributed by atoms with Crippen molar-refractivity contribution >= 4 is 5.91 Å². The monoisotopic (exact) mass is 254 g/mol. The molecular weight excluding hydrogens is 228 g/mol. The number of likely N-dealkylation sites (N-methyl/N-ethyl adjacent to an activating group) is 1. The second kappa shape index (κ2) is 6.02. The minimum absolute atomic E-state index is 0.199. The minimum atomic E-state index is -0.331. The summed E-state index contributed by atoms with van der Waals surface area (Å²) in [4.78, 5) is 16.6. The van der Waals surface area contributed by atoms with Crippen molar-refractivity contribution in [2.45, 2.75) is 50.7 Å². The topological polar surface area (TPSA) is 43.8 Å². The number of likely N-dealkylation sites (tertiary alicyclic amines) is 1. The van der Waals surface area contributed by atoms with E-state index in [1.807, 2.05) is 19.0 Å².